The molecule has 3 heteroatoms. The van der Waals surface area contributed by atoms with Crippen molar-refractivity contribution in [2.45, 2.75) is 56.1 Å². The van der Waals surface area contributed by atoms with Gasteiger partial charge in [0.15, 0.2) is 0 Å². The minimum atomic E-state index is -0.0539. The molecule has 0 aromatic heterocycles. The van der Waals surface area contributed by atoms with Gasteiger partial charge in [-0.3, -0.25) is 0 Å². The van der Waals surface area contributed by atoms with E-state index in [0.717, 1.165) is 18.8 Å². The van der Waals surface area contributed by atoms with Crippen molar-refractivity contribution in [1.29, 1.82) is 0 Å². The highest BCUT2D eigenvalue weighted by Gasteiger charge is 2.71. The molecule has 15 heavy (non-hydrogen) atoms. The molecule has 1 N–H and O–H groups in total. The van der Waals surface area contributed by atoms with Gasteiger partial charge in [0.1, 0.15) is 24.3 Å². The van der Waals surface area contributed by atoms with E-state index in [1.54, 1.807) is 0 Å². The highest BCUT2D eigenvalue weighted by atomic mass is 16.6. The lowest BCUT2D eigenvalue weighted by Crippen LogP contribution is -2.62. The van der Waals surface area contributed by atoms with E-state index in [1.807, 2.05) is 0 Å². The molecule has 3 saturated heterocycles. The van der Waals surface area contributed by atoms with Crippen LogP contribution in [0, 0.1) is 5.92 Å². The number of aliphatic hydroxyl groups excluding tert-OH is 1. The summed E-state index contributed by atoms with van der Waals surface area (Å²) in [6.45, 7) is 1.35. The molecule has 2 bridgehead atoms. The Morgan fingerprint density at radius 2 is 1.80 bits per heavy atom. The Hall–Kier alpha value is -0.120. The highest BCUT2D eigenvalue weighted by molar-refractivity contribution is 5.08. The number of ether oxygens (including phenoxy) is 1. The molecule has 0 aromatic carbocycles. The number of morpholine rings is 1. The van der Waals surface area contributed by atoms with E-state index >= 15 is 0 Å². The molecule has 1 aliphatic carbocycles. The summed E-state index contributed by atoms with van der Waals surface area (Å²) < 4.78 is 6.96. The number of hydrogen-bond donors (Lipinski definition) is 1. The van der Waals surface area contributed by atoms with Crippen LogP contribution in [0.2, 0.25) is 0 Å². The fourth-order valence-corrected chi connectivity index (χ4v) is 4.20. The number of nitrogens with zero attached hydrogens (tertiary/aromatic N) is 1. The number of aliphatic hydroxyl groups is 1. The molecule has 0 spiro atoms. The maximum absolute atomic E-state index is 9.84. The zero-order valence-electron chi connectivity index (χ0n) is 9.30. The van der Waals surface area contributed by atoms with Crippen LogP contribution in [0.5, 0.6) is 0 Å². The lowest BCUT2D eigenvalue weighted by molar-refractivity contribution is -0.957. The molecule has 3 nitrogen and oxygen atoms in total. The first-order valence-electron chi connectivity index (χ1n) is 6.37. The van der Waals surface area contributed by atoms with E-state index in [2.05, 4.69) is 7.05 Å². The molecule has 1 saturated carbocycles. The molecular formula is C12H20NO2+. The van der Waals surface area contributed by atoms with Gasteiger partial charge in [-0.25, -0.2) is 0 Å². The molecule has 2 unspecified atom stereocenters. The average Bonchev–Trinajstić information content (AvgIpc) is 2.98. The first-order chi connectivity index (χ1) is 7.18. The van der Waals surface area contributed by atoms with Crippen molar-refractivity contribution in [2.24, 2.45) is 5.92 Å². The zero-order chi connectivity index (χ0) is 10.2. The lowest BCUT2D eigenvalue weighted by atomic mass is 9.95. The van der Waals surface area contributed by atoms with Crippen LogP contribution >= 0.6 is 0 Å². The summed E-state index contributed by atoms with van der Waals surface area (Å²) in [6.07, 6.45) is 5.76. The lowest BCUT2D eigenvalue weighted by Gasteiger charge is -2.47. The van der Waals surface area contributed by atoms with Crippen LogP contribution in [0.25, 0.3) is 0 Å². The van der Waals surface area contributed by atoms with Crippen LogP contribution in [0.15, 0.2) is 0 Å². The summed E-state index contributed by atoms with van der Waals surface area (Å²) in [4.78, 5) is 0. The van der Waals surface area contributed by atoms with Crippen molar-refractivity contribution in [3.8, 4) is 0 Å². The van der Waals surface area contributed by atoms with E-state index in [-0.39, 0.29) is 6.10 Å². The summed E-state index contributed by atoms with van der Waals surface area (Å²) in [5.41, 5.74) is 0. The summed E-state index contributed by atoms with van der Waals surface area (Å²) in [6, 6.07) is 1.20. The van der Waals surface area contributed by atoms with Crippen molar-refractivity contribution in [3.05, 3.63) is 0 Å². The van der Waals surface area contributed by atoms with E-state index in [9.17, 15) is 5.11 Å². The topological polar surface area (TPSA) is 32.8 Å². The van der Waals surface area contributed by atoms with Crippen LogP contribution < -0.4 is 0 Å². The molecule has 0 amide bonds. The molecule has 4 fully saturated rings. The molecular weight excluding hydrogens is 190 g/mol. The van der Waals surface area contributed by atoms with Crippen molar-refractivity contribution in [1.82, 2.24) is 0 Å². The van der Waals surface area contributed by atoms with Gasteiger partial charge in [-0.05, 0) is 12.8 Å². The second-order valence-electron chi connectivity index (χ2n) is 6.30. The first-order valence-corrected chi connectivity index (χ1v) is 6.37. The number of epoxide rings is 1. The van der Waals surface area contributed by atoms with E-state index in [0.29, 0.717) is 24.3 Å². The van der Waals surface area contributed by atoms with Crippen LogP contribution in [0.4, 0.5) is 0 Å². The van der Waals surface area contributed by atoms with Crippen molar-refractivity contribution in [2.75, 3.05) is 13.6 Å². The van der Waals surface area contributed by atoms with Crippen molar-refractivity contribution >= 4 is 0 Å². The summed E-state index contributed by atoms with van der Waals surface area (Å²) in [5.74, 6) is 0.979. The Balaban J connectivity index is 1.64. The summed E-state index contributed by atoms with van der Waals surface area (Å²) in [5, 5.41) is 9.84. The van der Waals surface area contributed by atoms with Gasteiger partial charge in [-0.1, -0.05) is 0 Å². The van der Waals surface area contributed by atoms with E-state index in [1.165, 1.54) is 23.9 Å². The Bertz CT molecular complexity index is 284. The zero-order valence-corrected chi connectivity index (χ0v) is 9.30. The third-order valence-corrected chi connectivity index (χ3v) is 5.21. The average molecular weight is 210 g/mol. The maximum Gasteiger partial charge on any atom is 0.142 e. The van der Waals surface area contributed by atoms with Crippen LogP contribution in [-0.2, 0) is 4.74 Å². The monoisotopic (exact) mass is 210 g/mol. The highest BCUT2D eigenvalue weighted by Crippen LogP contribution is 2.53. The van der Waals surface area contributed by atoms with Gasteiger partial charge in [0.05, 0.1) is 19.7 Å². The largest absolute Gasteiger partial charge is 0.393 e. The number of fused-ring (bicyclic) bond motifs is 5. The normalized spacial score (nSPS) is 61.6. The molecule has 0 radical (unpaired) electrons. The molecule has 4 rings (SSSR count). The third-order valence-electron chi connectivity index (χ3n) is 5.21. The number of quaternary nitrogens is 1. The van der Waals surface area contributed by atoms with Gasteiger partial charge in [-0.2, -0.15) is 0 Å². The van der Waals surface area contributed by atoms with E-state index < -0.39 is 0 Å². The number of piperidine rings is 1. The van der Waals surface area contributed by atoms with Gasteiger partial charge in [0.2, 0.25) is 0 Å². The Morgan fingerprint density at radius 3 is 2.33 bits per heavy atom. The summed E-state index contributed by atoms with van der Waals surface area (Å²) in [7, 11) is 2.41. The number of likely N-dealkylation sites (N-methyl/N-ethyl adjacent to an activating group) is 1. The molecule has 3 aliphatic heterocycles. The standard InChI is InChI=1S/C12H20NO2/c1-13(6-7-2-3-7)9-4-8(14)5-10(13)12-11(9)15-12/h7-12,14H,2-6H2,1H3/q+1/t8?,9-,10+,11-,12+,13?. The predicted molar refractivity (Wildman–Crippen MR) is 55.3 cm³/mol. The van der Waals surface area contributed by atoms with Gasteiger partial charge in [0.25, 0.3) is 0 Å². The Labute approximate surface area is 90.6 Å². The minimum Gasteiger partial charge on any atom is -0.393 e. The smallest absolute Gasteiger partial charge is 0.142 e. The van der Waals surface area contributed by atoms with E-state index in [4.69, 9.17) is 4.74 Å². The fraction of sp³-hybridized carbons (Fsp3) is 1.00. The van der Waals surface area contributed by atoms with Gasteiger partial charge in [0, 0.05) is 18.8 Å². The quantitative estimate of drug-likeness (QED) is 0.532. The third kappa shape index (κ3) is 1.12. The van der Waals surface area contributed by atoms with Gasteiger partial charge in [-0.15, -0.1) is 0 Å². The van der Waals surface area contributed by atoms with Crippen LogP contribution in [0.1, 0.15) is 25.7 Å². The first kappa shape index (κ1) is 8.97. The maximum atomic E-state index is 9.84. The number of rotatable bonds is 2. The van der Waals surface area contributed by atoms with Crippen LogP contribution in [0.3, 0.4) is 0 Å². The van der Waals surface area contributed by atoms with Gasteiger partial charge < -0.3 is 14.3 Å². The predicted octanol–water partition coefficient (Wildman–Crippen LogP) is 0.516. The molecule has 3 heterocycles. The molecule has 4 aliphatic rings. The SMILES string of the molecule is C[N+]1(CC2CC2)[C@@H]2CC(O)C[C@H]1[C@@H]1O[C@@H]12. The van der Waals surface area contributed by atoms with Crippen LogP contribution in [-0.4, -0.2) is 53.6 Å². The molecule has 84 valence electrons. The fourth-order valence-electron chi connectivity index (χ4n) is 4.20. The number of hydrogen-bond acceptors (Lipinski definition) is 2. The van der Waals surface area contributed by atoms with Gasteiger partial charge >= 0.3 is 0 Å². The van der Waals surface area contributed by atoms with Crippen molar-refractivity contribution in [3.63, 3.8) is 0 Å². The second-order valence-corrected chi connectivity index (χ2v) is 6.30. The second kappa shape index (κ2) is 2.58. The molecule has 6 atom stereocenters. The minimum absolute atomic E-state index is 0.0539. The molecule has 0 aromatic rings. The summed E-state index contributed by atoms with van der Waals surface area (Å²) >= 11 is 0. The Morgan fingerprint density at radius 1 is 1.20 bits per heavy atom. The van der Waals surface area contributed by atoms with Crippen molar-refractivity contribution < 1.29 is 14.3 Å². The Kier molecular flexibility index (Phi) is 1.54.